The van der Waals surface area contributed by atoms with Crippen molar-refractivity contribution >= 4 is 6.09 Å². The Bertz CT molecular complexity index is 838. The van der Waals surface area contributed by atoms with Crippen molar-refractivity contribution in [2.75, 3.05) is 0 Å². The number of benzene rings is 3. The number of ether oxygens (including phenoxy) is 1. The quantitative estimate of drug-likeness (QED) is 0.555. The Morgan fingerprint density at radius 3 is 1.96 bits per heavy atom. The summed E-state index contributed by atoms with van der Waals surface area (Å²) < 4.78 is 5.39. The van der Waals surface area contributed by atoms with Crippen molar-refractivity contribution in [3.8, 4) is 0 Å². The van der Waals surface area contributed by atoms with Gasteiger partial charge in [0.05, 0.1) is 6.17 Å². The van der Waals surface area contributed by atoms with Gasteiger partial charge in [-0.2, -0.15) is 0 Å². The van der Waals surface area contributed by atoms with E-state index in [4.69, 9.17) is 4.74 Å². The molecule has 3 rings (SSSR count). The van der Waals surface area contributed by atoms with E-state index in [0.717, 1.165) is 11.1 Å². The Kier molecular flexibility index (Phi) is 7.21. The van der Waals surface area contributed by atoms with Crippen LogP contribution in [0.15, 0.2) is 91.0 Å². The lowest BCUT2D eigenvalue weighted by atomic mass is 10.1. The molecule has 4 heteroatoms. The number of alkyl carbamates (subject to hydrolysis) is 1. The molecule has 0 heterocycles. The van der Waals surface area contributed by atoms with Crippen molar-refractivity contribution in [1.82, 2.24) is 10.6 Å². The molecule has 0 bridgehead atoms. The van der Waals surface area contributed by atoms with Gasteiger partial charge in [-0.05, 0) is 23.6 Å². The van der Waals surface area contributed by atoms with Crippen molar-refractivity contribution in [2.24, 2.45) is 0 Å². The summed E-state index contributed by atoms with van der Waals surface area (Å²) in [6.07, 6.45) is -0.0169. The second kappa shape index (κ2) is 10.3. The van der Waals surface area contributed by atoms with Crippen LogP contribution in [0.4, 0.5) is 4.79 Å². The van der Waals surface area contributed by atoms with Gasteiger partial charge in [-0.1, -0.05) is 91.0 Å². The van der Waals surface area contributed by atoms with Crippen LogP contribution in [0.25, 0.3) is 0 Å². The number of rotatable bonds is 8. The zero-order valence-electron chi connectivity index (χ0n) is 16.0. The van der Waals surface area contributed by atoms with Crippen LogP contribution >= 0.6 is 0 Å². The average molecular weight is 374 g/mol. The Balaban J connectivity index is 1.62. The van der Waals surface area contributed by atoms with E-state index in [0.29, 0.717) is 6.42 Å². The highest BCUT2D eigenvalue weighted by molar-refractivity contribution is 5.67. The van der Waals surface area contributed by atoms with Crippen LogP contribution in [0.1, 0.15) is 29.7 Å². The van der Waals surface area contributed by atoms with Gasteiger partial charge in [0.15, 0.2) is 0 Å². The number of hydrogen-bond acceptors (Lipinski definition) is 3. The molecule has 2 N–H and O–H groups in total. The summed E-state index contributed by atoms with van der Waals surface area (Å²) in [5.41, 5.74) is 3.27. The van der Waals surface area contributed by atoms with Crippen LogP contribution in [-0.4, -0.2) is 12.3 Å². The van der Waals surface area contributed by atoms with E-state index in [1.807, 2.05) is 66.7 Å². The van der Waals surface area contributed by atoms with Gasteiger partial charge in [-0.3, -0.25) is 5.32 Å². The highest BCUT2D eigenvalue weighted by Crippen LogP contribution is 2.13. The van der Waals surface area contributed by atoms with Gasteiger partial charge in [0.2, 0.25) is 0 Å². The molecule has 0 saturated heterocycles. The van der Waals surface area contributed by atoms with E-state index >= 15 is 0 Å². The molecule has 0 saturated carbocycles. The normalized spacial score (nSPS) is 12.8. The van der Waals surface area contributed by atoms with E-state index in [2.05, 4.69) is 41.8 Å². The van der Waals surface area contributed by atoms with E-state index in [1.165, 1.54) is 5.56 Å². The Morgan fingerprint density at radius 1 is 0.821 bits per heavy atom. The topological polar surface area (TPSA) is 50.4 Å². The van der Waals surface area contributed by atoms with Crippen LogP contribution in [0, 0.1) is 0 Å². The monoisotopic (exact) mass is 374 g/mol. The maximum Gasteiger partial charge on any atom is 0.408 e. The number of carbonyl (C=O) groups excluding carboxylic acids is 1. The second-order valence-corrected chi connectivity index (χ2v) is 6.75. The van der Waals surface area contributed by atoms with Gasteiger partial charge < -0.3 is 10.1 Å². The molecule has 3 aromatic carbocycles. The van der Waals surface area contributed by atoms with Crippen LogP contribution in [0.3, 0.4) is 0 Å². The molecule has 28 heavy (non-hydrogen) atoms. The minimum atomic E-state index is -0.433. The Morgan fingerprint density at radius 2 is 1.36 bits per heavy atom. The third-order valence-electron chi connectivity index (χ3n) is 4.54. The molecule has 3 aromatic rings. The fourth-order valence-electron chi connectivity index (χ4n) is 3.05. The zero-order chi connectivity index (χ0) is 19.6. The molecular formula is C24H26N2O2. The van der Waals surface area contributed by atoms with Gasteiger partial charge in [-0.15, -0.1) is 0 Å². The minimum Gasteiger partial charge on any atom is -0.445 e. The SMILES string of the molecule is C[C@@H](N[C@H](Cc1ccccc1)NC(=O)OCc1ccccc1)c1ccccc1. The second-order valence-electron chi connectivity index (χ2n) is 6.75. The van der Waals surface area contributed by atoms with E-state index in [9.17, 15) is 4.79 Å². The Hall–Kier alpha value is -3.11. The van der Waals surface area contributed by atoms with Gasteiger partial charge >= 0.3 is 6.09 Å². The summed E-state index contributed by atoms with van der Waals surface area (Å²) in [6, 6.07) is 30.0. The molecule has 2 atom stereocenters. The first-order chi connectivity index (χ1) is 13.7. The first-order valence-electron chi connectivity index (χ1n) is 9.53. The predicted molar refractivity (Wildman–Crippen MR) is 112 cm³/mol. The highest BCUT2D eigenvalue weighted by atomic mass is 16.5. The maximum absolute atomic E-state index is 12.4. The van der Waals surface area contributed by atoms with Crippen molar-refractivity contribution in [3.05, 3.63) is 108 Å². The number of carbonyl (C=O) groups is 1. The Labute approximate surface area is 166 Å². The van der Waals surface area contributed by atoms with Crippen LogP contribution in [-0.2, 0) is 17.8 Å². The molecule has 1 amide bonds. The summed E-state index contributed by atoms with van der Waals surface area (Å²) in [6.45, 7) is 2.34. The zero-order valence-corrected chi connectivity index (χ0v) is 16.0. The summed E-state index contributed by atoms with van der Waals surface area (Å²) >= 11 is 0. The largest absolute Gasteiger partial charge is 0.445 e. The fourth-order valence-corrected chi connectivity index (χ4v) is 3.05. The number of nitrogens with one attached hydrogen (secondary N) is 2. The molecule has 0 aliphatic rings. The fraction of sp³-hybridized carbons (Fsp3) is 0.208. The van der Waals surface area contributed by atoms with Crippen LogP contribution in [0.5, 0.6) is 0 Å². The third-order valence-corrected chi connectivity index (χ3v) is 4.54. The van der Waals surface area contributed by atoms with Crippen molar-refractivity contribution in [1.29, 1.82) is 0 Å². The smallest absolute Gasteiger partial charge is 0.408 e. The molecule has 0 aromatic heterocycles. The number of hydrogen-bond donors (Lipinski definition) is 2. The summed E-state index contributed by atoms with van der Waals surface area (Å²) in [7, 11) is 0. The minimum absolute atomic E-state index is 0.0873. The lowest BCUT2D eigenvalue weighted by molar-refractivity contribution is 0.132. The molecule has 0 fully saturated rings. The molecule has 0 spiro atoms. The molecule has 0 aliphatic heterocycles. The van der Waals surface area contributed by atoms with Gasteiger partial charge in [0.1, 0.15) is 6.61 Å². The van der Waals surface area contributed by atoms with Crippen molar-refractivity contribution in [2.45, 2.75) is 32.2 Å². The predicted octanol–water partition coefficient (Wildman–Crippen LogP) is 4.83. The first-order valence-corrected chi connectivity index (χ1v) is 9.53. The standard InChI is InChI=1S/C24H26N2O2/c1-19(22-15-9-4-10-16-22)25-23(17-20-11-5-2-6-12-20)26-24(27)28-18-21-13-7-3-8-14-21/h2-16,19,23,25H,17-18H2,1H3,(H,26,27)/t19-,23+/m1/s1. The molecule has 0 unspecified atom stereocenters. The molecule has 144 valence electrons. The molecule has 4 nitrogen and oxygen atoms in total. The molecule has 0 aliphatic carbocycles. The van der Waals surface area contributed by atoms with Crippen molar-refractivity contribution in [3.63, 3.8) is 0 Å². The van der Waals surface area contributed by atoms with E-state index in [1.54, 1.807) is 0 Å². The molecular weight excluding hydrogens is 348 g/mol. The summed E-state index contributed by atoms with van der Waals surface area (Å²) in [5.74, 6) is 0. The van der Waals surface area contributed by atoms with Gasteiger partial charge in [-0.25, -0.2) is 4.79 Å². The first kappa shape index (κ1) is 19.6. The van der Waals surface area contributed by atoms with Crippen LogP contribution < -0.4 is 10.6 Å². The number of amides is 1. The lowest BCUT2D eigenvalue weighted by Crippen LogP contribution is -2.47. The van der Waals surface area contributed by atoms with E-state index in [-0.39, 0.29) is 18.8 Å². The molecule has 0 radical (unpaired) electrons. The van der Waals surface area contributed by atoms with Crippen LogP contribution in [0.2, 0.25) is 0 Å². The maximum atomic E-state index is 12.4. The highest BCUT2D eigenvalue weighted by Gasteiger charge is 2.17. The summed E-state index contributed by atoms with van der Waals surface area (Å²) in [4.78, 5) is 12.4. The average Bonchev–Trinajstić information content (AvgIpc) is 2.74. The van der Waals surface area contributed by atoms with E-state index < -0.39 is 6.09 Å². The lowest BCUT2D eigenvalue weighted by Gasteiger charge is -2.24. The van der Waals surface area contributed by atoms with Gasteiger partial charge in [0.25, 0.3) is 0 Å². The van der Waals surface area contributed by atoms with Crippen molar-refractivity contribution < 1.29 is 9.53 Å². The third kappa shape index (κ3) is 6.25. The summed E-state index contributed by atoms with van der Waals surface area (Å²) in [5, 5.41) is 6.46. The van der Waals surface area contributed by atoms with Gasteiger partial charge in [0, 0.05) is 12.5 Å².